The third kappa shape index (κ3) is 5.72. The van der Waals surface area contributed by atoms with Crippen molar-refractivity contribution in [1.29, 1.82) is 0 Å². The van der Waals surface area contributed by atoms with Gasteiger partial charge in [0.1, 0.15) is 0 Å². The van der Waals surface area contributed by atoms with Crippen LogP contribution < -0.4 is 16.8 Å². The summed E-state index contributed by atoms with van der Waals surface area (Å²) in [6, 6.07) is 7.31. The van der Waals surface area contributed by atoms with E-state index < -0.39 is 4.92 Å². The predicted octanol–water partition coefficient (Wildman–Crippen LogP) is 3.89. The van der Waals surface area contributed by atoms with E-state index in [0.29, 0.717) is 22.9 Å². The molecule has 2 aromatic carbocycles. The molecule has 0 aliphatic heterocycles. The summed E-state index contributed by atoms with van der Waals surface area (Å²) in [5.41, 5.74) is 12.1. The van der Waals surface area contributed by atoms with Crippen LogP contribution in [-0.4, -0.2) is 16.6 Å². The molecule has 0 aromatic heterocycles. The van der Waals surface area contributed by atoms with Crippen LogP contribution in [0.2, 0.25) is 10.0 Å². The van der Waals surface area contributed by atoms with Crippen LogP contribution in [0.15, 0.2) is 30.3 Å². The van der Waals surface area contributed by atoms with E-state index in [0.717, 1.165) is 6.07 Å². The summed E-state index contributed by atoms with van der Waals surface area (Å²) in [5, 5.41) is 23.2. The number of anilines is 3. The van der Waals surface area contributed by atoms with Gasteiger partial charge < -0.3 is 21.9 Å². The molecule has 7 nitrogen and oxygen atoms in total. The Kier molecular flexibility index (Phi) is 6.74. The maximum atomic E-state index is 10.5. The van der Waals surface area contributed by atoms with Gasteiger partial charge >= 0.3 is 0 Å². The van der Waals surface area contributed by atoms with E-state index in [1.807, 2.05) is 6.92 Å². The summed E-state index contributed by atoms with van der Waals surface area (Å²) in [6.07, 6.45) is 0. The standard InChI is InChI=1S/C8H9ClN2O3.C6H7ClN2/c1-2-10-7-4-5(11(13)14)3-6(9)8(7)12;7-4-1-5(8)3-6(9)2-4/h3-4,10,12H,2H2,1H3;1-3H,8-9H2. The van der Waals surface area contributed by atoms with E-state index in [4.69, 9.17) is 34.7 Å². The Balaban J connectivity index is 0.000000253. The fourth-order valence-corrected chi connectivity index (χ4v) is 2.12. The average molecular weight is 359 g/mol. The molecule has 0 aliphatic rings. The maximum Gasteiger partial charge on any atom is 0.273 e. The number of nitro groups is 1. The first kappa shape index (κ1) is 18.7. The van der Waals surface area contributed by atoms with Gasteiger partial charge in [-0.3, -0.25) is 10.1 Å². The quantitative estimate of drug-likeness (QED) is 0.285. The molecular formula is C14H16Cl2N4O3. The highest BCUT2D eigenvalue weighted by Crippen LogP contribution is 2.35. The van der Waals surface area contributed by atoms with Crippen molar-refractivity contribution in [3.8, 4) is 5.75 Å². The van der Waals surface area contributed by atoms with Gasteiger partial charge in [-0.05, 0) is 25.1 Å². The average Bonchev–Trinajstić information content (AvgIpc) is 2.42. The first-order valence-electron chi connectivity index (χ1n) is 6.47. The van der Waals surface area contributed by atoms with Crippen LogP contribution in [0.4, 0.5) is 22.7 Å². The molecule has 0 radical (unpaired) electrons. The molecule has 0 fully saturated rings. The second-order valence-electron chi connectivity index (χ2n) is 4.43. The van der Waals surface area contributed by atoms with E-state index in [1.54, 1.807) is 18.2 Å². The molecule has 0 heterocycles. The highest BCUT2D eigenvalue weighted by molar-refractivity contribution is 6.32. The van der Waals surface area contributed by atoms with Crippen molar-refractivity contribution in [2.45, 2.75) is 6.92 Å². The molecule has 23 heavy (non-hydrogen) atoms. The minimum absolute atomic E-state index is 0.0323. The van der Waals surface area contributed by atoms with Crippen LogP contribution in [0, 0.1) is 10.1 Å². The number of phenols is 1. The molecule has 0 saturated heterocycles. The highest BCUT2D eigenvalue weighted by atomic mass is 35.5. The van der Waals surface area contributed by atoms with Gasteiger partial charge in [-0.2, -0.15) is 0 Å². The number of halogens is 2. The number of non-ortho nitro benzene ring substituents is 1. The van der Waals surface area contributed by atoms with E-state index in [1.165, 1.54) is 6.07 Å². The largest absolute Gasteiger partial charge is 0.504 e. The number of nitrogen functional groups attached to an aromatic ring is 2. The topological polar surface area (TPSA) is 127 Å². The Labute approximate surface area is 143 Å². The molecule has 6 N–H and O–H groups in total. The number of benzene rings is 2. The lowest BCUT2D eigenvalue weighted by atomic mass is 10.2. The van der Waals surface area contributed by atoms with E-state index in [-0.39, 0.29) is 22.1 Å². The van der Waals surface area contributed by atoms with E-state index in [9.17, 15) is 15.2 Å². The number of nitrogens with zero attached hydrogens (tertiary/aromatic N) is 1. The Morgan fingerprint density at radius 2 is 1.74 bits per heavy atom. The molecule has 124 valence electrons. The minimum atomic E-state index is -0.563. The number of rotatable bonds is 3. The SMILES string of the molecule is CCNc1cc([N+](=O)[O-])cc(Cl)c1O.Nc1cc(N)cc(Cl)c1. The van der Waals surface area contributed by atoms with Crippen molar-refractivity contribution < 1.29 is 10.0 Å². The third-order valence-corrected chi connectivity index (χ3v) is 3.07. The monoisotopic (exact) mass is 358 g/mol. The van der Waals surface area contributed by atoms with Crippen LogP contribution in [0.3, 0.4) is 0 Å². The van der Waals surface area contributed by atoms with Gasteiger partial charge in [0, 0.05) is 35.1 Å². The first-order chi connectivity index (χ1) is 10.7. The minimum Gasteiger partial charge on any atom is -0.504 e. The maximum absolute atomic E-state index is 10.5. The number of aromatic hydroxyl groups is 1. The van der Waals surface area contributed by atoms with Crippen molar-refractivity contribution in [3.05, 3.63) is 50.5 Å². The summed E-state index contributed by atoms with van der Waals surface area (Å²) in [7, 11) is 0. The van der Waals surface area contributed by atoms with Crippen molar-refractivity contribution in [3.63, 3.8) is 0 Å². The second kappa shape index (κ2) is 8.30. The number of nitrogens with two attached hydrogens (primary N) is 2. The predicted molar refractivity (Wildman–Crippen MR) is 94.2 cm³/mol. The van der Waals surface area contributed by atoms with Crippen LogP contribution in [-0.2, 0) is 0 Å². The molecule has 0 spiro atoms. The number of phenolic OH excluding ortho intramolecular Hbond substituents is 1. The van der Waals surface area contributed by atoms with Crippen molar-refractivity contribution in [2.24, 2.45) is 0 Å². The number of hydrogen-bond donors (Lipinski definition) is 4. The van der Waals surface area contributed by atoms with Crippen molar-refractivity contribution >= 4 is 46.0 Å². The van der Waals surface area contributed by atoms with E-state index in [2.05, 4.69) is 5.32 Å². The van der Waals surface area contributed by atoms with Crippen molar-refractivity contribution in [2.75, 3.05) is 23.3 Å². The summed E-state index contributed by atoms with van der Waals surface area (Å²) < 4.78 is 0. The fraction of sp³-hybridized carbons (Fsp3) is 0.143. The molecular weight excluding hydrogens is 343 g/mol. The van der Waals surface area contributed by atoms with Gasteiger partial charge in [-0.1, -0.05) is 23.2 Å². The first-order valence-corrected chi connectivity index (χ1v) is 7.22. The zero-order valence-electron chi connectivity index (χ0n) is 12.2. The summed E-state index contributed by atoms with van der Waals surface area (Å²) in [6.45, 7) is 2.36. The molecule has 0 aliphatic carbocycles. The zero-order valence-corrected chi connectivity index (χ0v) is 13.7. The van der Waals surface area contributed by atoms with Crippen LogP contribution >= 0.6 is 23.2 Å². The van der Waals surface area contributed by atoms with Crippen LogP contribution in [0.25, 0.3) is 0 Å². The van der Waals surface area contributed by atoms with Gasteiger partial charge in [0.05, 0.1) is 15.6 Å². The molecule has 9 heteroatoms. The van der Waals surface area contributed by atoms with Gasteiger partial charge in [0.15, 0.2) is 5.75 Å². The summed E-state index contributed by atoms with van der Waals surface area (Å²) in [5.74, 6) is -0.167. The summed E-state index contributed by atoms with van der Waals surface area (Å²) in [4.78, 5) is 9.90. The normalized spacial score (nSPS) is 9.70. The molecule has 0 unspecified atom stereocenters. The van der Waals surface area contributed by atoms with E-state index >= 15 is 0 Å². The molecule has 0 bridgehead atoms. The number of nitro benzene ring substituents is 1. The smallest absolute Gasteiger partial charge is 0.273 e. The van der Waals surface area contributed by atoms with Crippen molar-refractivity contribution in [1.82, 2.24) is 0 Å². The van der Waals surface area contributed by atoms with Crippen LogP contribution in [0.1, 0.15) is 6.92 Å². The van der Waals surface area contributed by atoms with Gasteiger partial charge in [0.25, 0.3) is 5.69 Å². The Morgan fingerprint density at radius 1 is 1.17 bits per heavy atom. The van der Waals surface area contributed by atoms with Crippen LogP contribution in [0.5, 0.6) is 5.75 Å². The molecule has 0 atom stereocenters. The molecule has 2 aromatic rings. The summed E-state index contributed by atoms with van der Waals surface area (Å²) >= 11 is 11.2. The second-order valence-corrected chi connectivity index (χ2v) is 5.27. The lowest BCUT2D eigenvalue weighted by Crippen LogP contribution is -1.98. The lowest BCUT2D eigenvalue weighted by molar-refractivity contribution is -0.384. The lowest BCUT2D eigenvalue weighted by Gasteiger charge is -2.06. The Hall–Kier alpha value is -2.38. The molecule has 0 amide bonds. The molecule has 2 rings (SSSR count). The fourth-order valence-electron chi connectivity index (χ4n) is 1.65. The molecule has 0 saturated carbocycles. The third-order valence-electron chi connectivity index (χ3n) is 2.57. The Bertz CT molecular complexity index is 660. The number of hydrogen-bond acceptors (Lipinski definition) is 6. The number of nitrogens with one attached hydrogen (secondary N) is 1. The highest BCUT2D eigenvalue weighted by Gasteiger charge is 2.14. The van der Waals surface area contributed by atoms with Gasteiger partial charge in [0.2, 0.25) is 0 Å². The van der Waals surface area contributed by atoms with Gasteiger partial charge in [-0.15, -0.1) is 0 Å². The zero-order chi connectivity index (χ0) is 17.6. The van der Waals surface area contributed by atoms with Gasteiger partial charge in [-0.25, -0.2) is 0 Å². The Morgan fingerprint density at radius 3 is 2.17 bits per heavy atom.